The molecule has 6 heteroatoms. The molecule has 0 radical (unpaired) electrons. The first-order valence-corrected chi connectivity index (χ1v) is 8.57. The van der Waals surface area contributed by atoms with E-state index in [9.17, 15) is 9.59 Å². The minimum Gasteiger partial charge on any atom is -0.268 e. The minimum atomic E-state index is -0.272. The number of halogens is 1. The zero-order chi connectivity index (χ0) is 16.4. The van der Waals surface area contributed by atoms with Gasteiger partial charge in [-0.2, -0.15) is 0 Å². The van der Waals surface area contributed by atoms with E-state index in [1.54, 1.807) is 6.08 Å². The number of hydrogen-bond donors (Lipinski definition) is 0. The lowest BCUT2D eigenvalue weighted by Gasteiger charge is -2.12. The van der Waals surface area contributed by atoms with Crippen molar-refractivity contribution in [2.45, 2.75) is 13.5 Å². The van der Waals surface area contributed by atoms with Gasteiger partial charge in [0.25, 0.3) is 11.1 Å². The number of benzene rings is 1. The molecule has 1 aliphatic heterocycles. The number of nitrogens with zero attached hydrogens (tertiary/aromatic N) is 2. The summed E-state index contributed by atoms with van der Waals surface area (Å²) in [5, 5.41) is -0.253. The SMILES string of the molecule is Cc1cccc(C=C2SC(=O)N(Cc3ccc(Br)cc3)C2=O)n1. The summed E-state index contributed by atoms with van der Waals surface area (Å²) in [5.74, 6) is -0.272. The van der Waals surface area contributed by atoms with E-state index in [1.807, 2.05) is 49.4 Å². The first kappa shape index (κ1) is 16.0. The topological polar surface area (TPSA) is 50.3 Å². The van der Waals surface area contributed by atoms with Gasteiger partial charge >= 0.3 is 0 Å². The van der Waals surface area contributed by atoms with Crippen molar-refractivity contribution in [1.29, 1.82) is 0 Å². The summed E-state index contributed by atoms with van der Waals surface area (Å²) in [5.41, 5.74) is 2.46. The number of aromatic nitrogens is 1. The smallest absolute Gasteiger partial charge is 0.268 e. The lowest BCUT2D eigenvalue weighted by molar-refractivity contribution is -0.123. The quantitative estimate of drug-likeness (QED) is 0.731. The van der Waals surface area contributed by atoms with Gasteiger partial charge in [-0.25, -0.2) is 0 Å². The van der Waals surface area contributed by atoms with Crippen LogP contribution in [0.4, 0.5) is 4.79 Å². The van der Waals surface area contributed by atoms with E-state index in [4.69, 9.17) is 0 Å². The molecular weight excluding hydrogens is 376 g/mol. The third-order valence-corrected chi connectivity index (χ3v) is 4.75. The molecule has 116 valence electrons. The normalized spacial score (nSPS) is 16.4. The molecule has 0 unspecified atom stereocenters. The van der Waals surface area contributed by atoms with E-state index in [1.165, 1.54) is 4.90 Å². The number of thioether (sulfide) groups is 1. The van der Waals surface area contributed by atoms with E-state index < -0.39 is 0 Å². The van der Waals surface area contributed by atoms with Gasteiger partial charge in [-0.15, -0.1) is 0 Å². The highest BCUT2D eigenvalue weighted by Gasteiger charge is 2.35. The van der Waals surface area contributed by atoms with Crippen LogP contribution in [0.3, 0.4) is 0 Å². The van der Waals surface area contributed by atoms with Crippen molar-refractivity contribution in [1.82, 2.24) is 9.88 Å². The highest BCUT2D eigenvalue weighted by Crippen LogP contribution is 2.33. The molecule has 2 heterocycles. The van der Waals surface area contributed by atoms with E-state index in [0.717, 1.165) is 27.5 Å². The molecule has 0 N–H and O–H groups in total. The Morgan fingerprint density at radius 3 is 2.61 bits per heavy atom. The van der Waals surface area contributed by atoms with Crippen LogP contribution in [-0.2, 0) is 11.3 Å². The Hall–Kier alpha value is -1.92. The van der Waals surface area contributed by atoms with Gasteiger partial charge in [0.05, 0.1) is 17.1 Å². The van der Waals surface area contributed by atoms with Crippen molar-refractivity contribution in [3.8, 4) is 0 Å². The van der Waals surface area contributed by atoms with Crippen molar-refractivity contribution < 1.29 is 9.59 Å². The fourth-order valence-electron chi connectivity index (χ4n) is 2.19. The summed E-state index contributed by atoms with van der Waals surface area (Å²) >= 11 is 4.32. The Morgan fingerprint density at radius 1 is 1.17 bits per heavy atom. The van der Waals surface area contributed by atoms with Gasteiger partial charge in [-0.3, -0.25) is 19.5 Å². The highest BCUT2D eigenvalue weighted by molar-refractivity contribution is 9.10. The molecule has 1 aromatic heterocycles. The number of aryl methyl sites for hydroxylation is 1. The molecule has 1 saturated heterocycles. The zero-order valence-electron chi connectivity index (χ0n) is 12.3. The number of pyridine rings is 1. The van der Waals surface area contributed by atoms with Crippen LogP contribution in [0.2, 0.25) is 0 Å². The van der Waals surface area contributed by atoms with E-state index >= 15 is 0 Å². The average Bonchev–Trinajstić information content (AvgIpc) is 2.77. The second-order valence-corrected chi connectivity index (χ2v) is 7.01. The largest absolute Gasteiger partial charge is 0.293 e. The van der Waals surface area contributed by atoms with Gasteiger partial charge in [-0.1, -0.05) is 34.1 Å². The summed E-state index contributed by atoms with van der Waals surface area (Å²) in [6, 6.07) is 13.1. The lowest BCUT2D eigenvalue weighted by atomic mass is 10.2. The maximum absolute atomic E-state index is 12.5. The lowest BCUT2D eigenvalue weighted by Crippen LogP contribution is -2.27. The molecule has 23 heavy (non-hydrogen) atoms. The zero-order valence-corrected chi connectivity index (χ0v) is 14.7. The Labute approximate surface area is 146 Å². The fraction of sp³-hybridized carbons (Fsp3) is 0.118. The van der Waals surface area contributed by atoms with E-state index in [2.05, 4.69) is 20.9 Å². The van der Waals surface area contributed by atoms with Crippen LogP contribution in [0.15, 0.2) is 51.8 Å². The summed E-state index contributed by atoms with van der Waals surface area (Å²) in [6.07, 6.45) is 1.67. The van der Waals surface area contributed by atoms with Crippen molar-refractivity contribution in [3.05, 3.63) is 68.8 Å². The maximum Gasteiger partial charge on any atom is 0.293 e. The van der Waals surface area contributed by atoms with Crippen molar-refractivity contribution in [2.75, 3.05) is 0 Å². The summed E-state index contributed by atoms with van der Waals surface area (Å²) < 4.78 is 0.959. The van der Waals surface area contributed by atoms with E-state index in [0.29, 0.717) is 10.6 Å². The van der Waals surface area contributed by atoms with Crippen molar-refractivity contribution in [3.63, 3.8) is 0 Å². The highest BCUT2D eigenvalue weighted by atomic mass is 79.9. The van der Waals surface area contributed by atoms with Gasteiger partial charge in [0.1, 0.15) is 0 Å². The van der Waals surface area contributed by atoms with Gasteiger partial charge in [-0.05, 0) is 54.6 Å². The second kappa shape index (κ2) is 6.68. The second-order valence-electron chi connectivity index (χ2n) is 5.10. The molecule has 0 aliphatic carbocycles. The Morgan fingerprint density at radius 2 is 1.91 bits per heavy atom. The average molecular weight is 389 g/mol. The Kier molecular flexibility index (Phi) is 4.63. The predicted octanol–water partition coefficient (Wildman–Crippen LogP) is 4.39. The molecule has 1 fully saturated rings. The van der Waals surface area contributed by atoms with Gasteiger partial charge in [0.2, 0.25) is 0 Å². The number of amides is 2. The van der Waals surface area contributed by atoms with Crippen molar-refractivity contribution >= 4 is 44.9 Å². The molecule has 2 aromatic rings. The molecule has 0 saturated carbocycles. The molecule has 0 bridgehead atoms. The van der Waals surface area contributed by atoms with Gasteiger partial charge in [0, 0.05) is 10.2 Å². The number of imide groups is 1. The first-order valence-electron chi connectivity index (χ1n) is 6.96. The standard InChI is InChI=1S/C17H13BrN2O2S/c1-11-3-2-4-14(19-11)9-15-16(21)20(17(22)23-15)10-12-5-7-13(18)8-6-12/h2-9H,10H2,1H3. The maximum atomic E-state index is 12.5. The van der Waals surface area contributed by atoms with Crippen molar-refractivity contribution in [2.24, 2.45) is 0 Å². The third-order valence-electron chi connectivity index (χ3n) is 3.32. The molecule has 3 rings (SSSR count). The molecule has 4 nitrogen and oxygen atoms in total. The fourth-order valence-corrected chi connectivity index (χ4v) is 3.27. The number of carbonyl (C=O) groups is 2. The monoisotopic (exact) mass is 388 g/mol. The summed E-state index contributed by atoms with van der Waals surface area (Å²) in [4.78, 5) is 30.6. The third kappa shape index (κ3) is 3.71. The Bertz CT molecular complexity index is 802. The molecule has 1 aromatic carbocycles. The van der Waals surface area contributed by atoms with Crippen LogP contribution < -0.4 is 0 Å². The van der Waals surface area contributed by atoms with Crippen LogP contribution in [0.5, 0.6) is 0 Å². The van der Waals surface area contributed by atoms with Gasteiger partial charge < -0.3 is 0 Å². The molecule has 1 aliphatic rings. The summed E-state index contributed by atoms with van der Waals surface area (Å²) in [6.45, 7) is 2.16. The first-order chi connectivity index (χ1) is 11.0. The number of rotatable bonds is 3. The van der Waals surface area contributed by atoms with Crippen LogP contribution in [0.1, 0.15) is 17.0 Å². The Balaban J connectivity index is 1.81. The number of carbonyl (C=O) groups excluding carboxylic acids is 2. The van der Waals surface area contributed by atoms with E-state index in [-0.39, 0.29) is 17.7 Å². The molecule has 0 atom stereocenters. The van der Waals surface area contributed by atoms with Crippen LogP contribution >= 0.6 is 27.7 Å². The molecule has 2 amide bonds. The minimum absolute atomic E-state index is 0.253. The van der Waals surface area contributed by atoms with Crippen LogP contribution in [0, 0.1) is 6.92 Å². The van der Waals surface area contributed by atoms with Crippen LogP contribution in [-0.4, -0.2) is 21.0 Å². The molecular formula is C17H13BrN2O2S. The van der Waals surface area contributed by atoms with Crippen LogP contribution in [0.25, 0.3) is 6.08 Å². The van der Waals surface area contributed by atoms with Gasteiger partial charge in [0.15, 0.2) is 0 Å². The predicted molar refractivity (Wildman–Crippen MR) is 94.6 cm³/mol. The molecule has 0 spiro atoms. The summed E-state index contributed by atoms with van der Waals surface area (Å²) in [7, 11) is 0. The number of hydrogen-bond acceptors (Lipinski definition) is 4.